The van der Waals surface area contributed by atoms with E-state index < -0.39 is 0 Å². The van der Waals surface area contributed by atoms with Crippen LogP contribution in [-0.4, -0.2) is 39.7 Å². The molecule has 33 heavy (non-hydrogen) atoms. The average Bonchev–Trinajstić information content (AvgIpc) is 2.87. The van der Waals surface area contributed by atoms with Crippen molar-refractivity contribution in [2.45, 2.75) is 12.8 Å². The van der Waals surface area contributed by atoms with Gasteiger partial charge in [0.2, 0.25) is 5.75 Å². The molecule has 170 valence electrons. The van der Waals surface area contributed by atoms with E-state index in [1.165, 1.54) is 21.3 Å². The normalized spacial score (nSPS) is 12.5. The number of benzene rings is 3. The number of amides is 2. The highest BCUT2D eigenvalue weighted by Gasteiger charge is 2.24. The fourth-order valence-electron chi connectivity index (χ4n) is 4.02. The van der Waals surface area contributed by atoms with E-state index >= 15 is 0 Å². The second kappa shape index (κ2) is 9.65. The van der Waals surface area contributed by atoms with E-state index in [9.17, 15) is 9.59 Å². The Hall–Kier alpha value is -4.00. The van der Waals surface area contributed by atoms with E-state index in [0.29, 0.717) is 40.6 Å². The molecule has 3 aromatic rings. The van der Waals surface area contributed by atoms with Crippen LogP contribution in [0.2, 0.25) is 0 Å². The first-order valence-electron chi connectivity index (χ1n) is 10.7. The highest BCUT2D eigenvalue weighted by Crippen LogP contribution is 2.38. The topological polar surface area (TPSA) is 77.1 Å². The number of hydrogen-bond donors (Lipinski definition) is 1. The third-order valence-electron chi connectivity index (χ3n) is 5.65. The first-order valence-corrected chi connectivity index (χ1v) is 10.7. The molecule has 3 aromatic carbocycles. The van der Waals surface area contributed by atoms with Crippen molar-refractivity contribution in [1.29, 1.82) is 0 Å². The Morgan fingerprint density at radius 1 is 0.848 bits per heavy atom. The predicted octanol–water partition coefficient (Wildman–Crippen LogP) is 4.56. The zero-order valence-corrected chi connectivity index (χ0v) is 18.9. The molecule has 0 radical (unpaired) electrons. The van der Waals surface area contributed by atoms with E-state index in [-0.39, 0.29) is 11.8 Å². The summed E-state index contributed by atoms with van der Waals surface area (Å²) in [6.45, 7) is 0.630. The molecule has 1 N–H and O–H groups in total. The zero-order chi connectivity index (χ0) is 23.4. The van der Waals surface area contributed by atoms with Crippen LogP contribution < -0.4 is 24.4 Å². The molecule has 0 unspecified atom stereocenters. The van der Waals surface area contributed by atoms with Crippen molar-refractivity contribution >= 4 is 23.2 Å². The van der Waals surface area contributed by atoms with Gasteiger partial charge in [0.05, 0.1) is 21.3 Å². The number of fused-ring (bicyclic) bond motifs is 1. The molecule has 0 saturated heterocycles. The van der Waals surface area contributed by atoms with Crippen LogP contribution in [0.4, 0.5) is 11.4 Å². The summed E-state index contributed by atoms with van der Waals surface area (Å²) < 4.78 is 16.0. The Kier molecular flexibility index (Phi) is 6.49. The van der Waals surface area contributed by atoms with Gasteiger partial charge in [0.15, 0.2) is 11.5 Å². The Morgan fingerprint density at radius 3 is 2.18 bits per heavy atom. The van der Waals surface area contributed by atoms with Gasteiger partial charge in [-0.3, -0.25) is 9.59 Å². The van der Waals surface area contributed by atoms with Crippen LogP contribution in [0.25, 0.3) is 0 Å². The highest BCUT2D eigenvalue weighted by molar-refractivity contribution is 6.08. The zero-order valence-electron chi connectivity index (χ0n) is 18.9. The summed E-state index contributed by atoms with van der Waals surface area (Å²) in [6.07, 6.45) is 1.78. The number of rotatable bonds is 6. The van der Waals surface area contributed by atoms with Crippen LogP contribution in [0.1, 0.15) is 32.7 Å². The molecule has 1 heterocycles. The molecule has 2 amide bonds. The van der Waals surface area contributed by atoms with Crippen LogP contribution in [0.15, 0.2) is 60.7 Å². The average molecular weight is 447 g/mol. The van der Waals surface area contributed by atoms with E-state index in [4.69, 9.17) is 14.2 Å². The quantitative estimate of drug-likeness (QED) is 0.601. The van der Waals surface area contributed by atoms with Gasteiger partial charge in [-0.05, 0) is 54.8 Å². The van der Waals surface area contributed by atoms with Crippen LogP contribution >= 0.6 is 0 Å². The number of anilines is 2. The highest BCUT2D eigenvalue weighted by atomic mass is 16.5. The maximum atomic E-state index is 13.1. The third kappa shape index (κ3) is 4.48. The Bertz CT molecular complexity index is 1150. The Balaban J connectivity index is 1.62. The second-order valence-corrected chi connectivity index (χ2v) is 7.64. The lowest BCUT2D eigenvalue weighted by Gasteiger charge is -2.30. The monoisotopic (exact) mass is 446 g/mol. The molecule has 1 aliphatic heterocycles. The van der Waals surface area contributed by atoms with Gasteiger partial charge in [-0.25, -0.2) is 0 Å². The summed E-state index contributed by atoms with van der Waals surface area (Å²) in [5.74, 6) is 0.829. The molecule has 0 atom stereocenters. The van der Waals surface area contributed by atoms with E-state index in [1.54, 1.807) is 17.0 Å². The fourth-order valence-corrected chi connectivity index (χ4v) is 4.02. The number of hydrogen-bond acceptors (Lipinski definition) is 5. The third-order valence-corrected chi connectivity index (χ3v) is 5.65. The van der Waals surface area contributed by atoms with Crippen molar-refractivity contribution in [3.63, 3.8) is 0 Å². The molecule has 4 rings (SSSR count). The summed E-state index contributed by atoms with van der Waals surface area (Å²) >= 11 is 0. The molecule has 1 aliphatic rings. The van der Waals surface area contributed by atoms with Gasteiger partial charge in [-0.2, -0.15) is 0 Å². The fraction of sp³-hybridized carbons (Fsp3) is 0.231. The number of aryl methyl sites for hydroxylation is 1. The number of ether oxygens (including phenoxy) is 3. The molecule has 0 saturated carbocycles. The largest absolute Gasteiger partial charge is 0.493 e. The molecule has 0 aromatic heterocycles. The first kappa shape index (κ1) is 22.2. The summed E-state index contributed by atoms with van der Waals surface area (Å²) in [7, 11) is 4.51. The predicted molar refractivity (Wildman–Crippen MR) is 127 cm³/mol. The van der Waals surface area contributed by atoms with Crippen molar-refractivity contribution < 1.29 is 23.8 Å². The number of carbonyl (C=O) groups excluding carboxylic acids is 2. The summed E-state index contributed by atoms with van der Waals surface area (Å²) in [5.41, 5.74) is 3.49. The van der Waals surface area contributed by atoms with E-state index in [0.717, 1.165) is 24.1 Å². The molecule has 0 bridgehead atoms. The number of carbonyl (C=O) groups is 2. The molecule has 7 nitrogen and oxygen atoms in total. The lowest BCUT2D eigenvalue weighted by molar-refractivity contribution is 0.0984. The van der Waals surface area contributed by atoms with Gasteiger partial charge in [-0.15, -0.1) is 0 Å². The van der Waals surface area contributed by atoms with Crippen molar-refractivity contribution in [3.8, 4) is 17.2 Å². The van der Waals surface area contributed by atoms with E-state index in [1.807, 2.05) is 48.5 Å². The van der Waals surface area contributed by atoms with Crippen molar-refractivity contribution in [2.75, 3.05) is 38.1 Å². The SMILES string of the molecule is COc1cc(C(=O)Nc2ccc3c(c2)N(C(=O)c2ccccc2)CCC3)cc(OC)c1OC. The molecular weight excluding hydrogens is 420 g/mol. The Labute approximate surface area is 192 Å². The van der Waals surface area contributed by atoms with Crippen LogP contribution in [0.5, 0.6) is 17.2 Å². The molecule has 0 aliphatic carbocycles. The summed E-state index contributed by atoms with van der Waals surface area (Å²) in [4.78, 5) is 27.9. The number of methoxy groups -OCH3 is 3. The lowest BCUT2D eigenvalue weighted by Crippen LogP contribution is -2.35. The van der Waals surface area contributed by atoms with Crippen LogP contribution in [0.3, 0.4) is 0 Å². The first-order chi connectivity index (χ1) is 16.0. The smallest absolute Gasteiger partial charge is 0.258 e. The number of nitrogens with zero attached hydrogens (tertiary/aromatic N) is 1. The maximum absolute atomic E-state index is 13.1. The van der Waals surface area contributed by atoms with Crippen LogP contribution in [-0.2, 0) is 6.42 Å². The van der Waals surface area contributed by atoms with Crippen molar-refractivity contribution in [1.82, 2.24) is 0 Å². The lowest BCUT2D eigenvalue weighted by atomic mass is 10.00. The van der Waals surface area contributed by atoms with Gasteiger partial charge >= 0.3 is 0 Å². The van der Waals surface area contributed by atoms with Gasteiger partial charge in [-0.1, -0.05) is 24.3 Å². The number of nitrogens with one attached hydrogen (secondary N) is 1. The standard InChI is InChI=1S/C26H26N2O5/c1-31-22-14-19(15-23(32-2)24(22)33-3)25(29)27-20-12-11-17-10-7-13-28(21(17)16-20)26(30)18-8-5-4-6-9-18/h4-6,8-9,11-12,14-16H,7,10,13H2,1-3H3,(H,27,29). The molecule has 0 fully saturated rings. The van der Waals surface area contributed by atoms with Crippen molar-refractivity contribution in [3.05, 3.63) is 77.4 Å². The summed E-state index contributed by atoms with van der Waals surface area (Å²) in [6, 6.07) is 18.1. The minimum absolute atomic E-state index is 0.0512. The van der Waals surface area contributed by atoms with Gasteiger partial charge in [0.1, 0.15) is 0 Å². The Morgan fingerprint density at radius 2 is 1.55 bits per heavy atom. The van der Waals surface area contributed by atoms with Crippen molar-refractivity contribution in [2.24, 2.45) is 0 Å². The molecular formula is C26H26N2O5. The van der Waals surface area contributed by atoms with Gasteiger partial charge in [0, 0.05) is 29.0 Å². The maximum Gasteiger partial charge on any atom is 0.258 e. The molecule has 0 spiro atoms. The molecule has 7 heteroatoms. The minimum atomic E-state index is -0.328. The van der Waals surface area contributed by atoms with Gasteiger partial charge < -0.3 is 24.4 Å². The van der Waals surface area contributed by atoms with E-state index in [2.05, 4.69) is 5.32 Å². The van der Waals surface area contributed by atoms with Gasteiger partial charge in [0.25, 0.3) is 11.8 Å². The second-order valence-electron chi connectivity index (χ2n) is 7.64. The van der Waals surface area contributed by atoms with Crippen LogP contribution in [0, 0.1) is 0 Å². The minimum Gasteiger partial charge on any atom is -0.493 e. The summed E-state index contributed by atoms with van der Waals surface area (Å²) in [5, 5.41) is 2.92.